The van der Waals surface area contributed by atoms with Gasteiger partial charge in [0.15, 0.2) is 0 Å². The van der Waals surface area contributed by atoms with Crippen molar-refractivity contribution in [3.8, 4) is 11.5 Å². The van der Waals surface area contributed by atoms with Crippen LogP contribution in [0.5, 0.6) is 11.5 Å². The van der Waals surface area contributed by atoms with E-state index in [1.54, 1.807) is 42.5 Å². The van der Waals surface area contributed by atoms with E-state index < -0.39 is 0 Å². The molecule has 0 heterocycles. The lowest BCUT2D eigenvalue weighted by Crippen LogP contribution is -2.08. The first-order valence-corrected chi connectivity index (χ1v) is 6.25. The molecule has 2 aromatic carbocycles. The maximum absolute atomic E-state index is 6.09. The molecule has 0 bridgehead atoms. The summed E-state index contributed by atoms with van der Waals surface area (Å²) in [4.78, 5) is 0.301. The van der Waals surface area contributed by atoms with Crippen LogP contribution in [0.3, 0.4) is 0 Å². The summed E-state index contributed by atoms with van der Waals surface area (Å²) < 4.78 is 5.62. The van der Waals surface area contributed by atoms with Crippen molar-refractivity contribution in [1.29, 1.82) is 0 Å². The minimum atomic E-state index is 0.301. The first-order chi connectivity index (χ1) is 8.56. The number of nitrogens with two attached hydrogens (primary N) is 1. The van der Waals surface area contributed by atoms with E-state index >= 15 is 0 Å². The second-order valence-corrected chi connectivity index (χ2v) is 4.85. The summed E-state index contributed by atoms with van der Waals surface area (Å²) in [5.74, 6) is 1.20. The zero-order chi connectivity index (χ0) is 13.1. The van der Waals surface area contributed by atoms with Gasteiger partial charge in [-0.1, -0.05) is 35.4 Å². The highest BCUT2D eigenvalue weighted by molar-refractivity contribution is 7.80. The van der Waals surface area contributed by atoms with Crippen LogP contribution in [0, 0.1) is 0 Å². The van der Waals surface area contributed by atoms with Crippen LogP contribution in [0.1, 0.15) is 5.56 Å². The highest BCUT2D eigenvalue weighted by Gasteiger charge is 2.06. The normalized spacial score (nSPS) is 10.1. The molecule has 0 amide bonds. The Morgan fingerprint density at radius 3 is 2.28 bits per heavy atom. The Morgan fingerprint density at radius 2 is 1.72 bits per heavy atom. The molecule has 2 nitrogen and oxygen atoms in total. The fourth-order valence-corrected chi connectivity index (χ4v) is 1.84. The van der Waals surface area contributed by atoms with Crippen LogP contribution in [0.15, 0.2) is 42.5 Å². The van der Waals surface area contributed by atoms with Crippen LogP contribution in [0.2, 0.25) is 10.0 Å². The highest BCUT2D eigenvalue weighted by atomic mass is 35.5. The fourth-order valence-electron chi connectivity index (χ4n) is 1.37. The van der Waals surface area contributed by atoms with E-state index in [1.807, 2.05) is 0 Å². The maximum Gasteiger partial charge on any atom is 0.146 e. The highest BCUT2D eigenvalue weighted by Crippen LogP contribution is 2.30. The lowest BCUT2D eigenvalue weighted by Gasteiger charge is -2.08. The monoisotopic (exact) mass is 297 g/mol. The quantitative estimate of drug-likeness (QED) is 0.852. The zero-order valence-corrected chi connectivity index (χ0v) is 11.5. The Morgan fingerprint density at radius 1 is 1.06 bits per heavy atom. The summed E-state index contributed by atoms with van der Waals surface area (Å²) in [6, 6.07) is 12.2. The van der Waals surface area contributed by atoms with Crippen LogP contribution >= 0.6 is 35.4 Å². The van der Waals surface area contributed by atoms with Crippen molar-refractivity contribution in [1.82, 2.24) is 0 Å². The molecule has 0 aliphatic heterocycles. The molecule has 0 unspecified atom stereocenters. The number of thiocarbonyl (C=S) groups is 1. The first-order valence-electron chi connectivity index (χ1n) is 5.09. The lowest BCUT2D eigenvalue weighted by molar-refractivity contribution is 0.483. The van der Waals surface area contributed by atoms with E-state index in [9.17, 15) is 0 Å². The molecule has 0 spiro atoms. The van der Waals surface area contributed by atoms with Gasteiger partial charge in [-0.2, -0.15) is 0 Å². The van der Waals surface area contributed by atoms with Crippen LogP contribution in [-0.4, -0.2) is 4.99 Å². The largest absolute Gasteiger partial charge is 0.456 e. The van der Waals surface area contributed by atoms with Crippen molar-refractivity contribution in [2.24, 2.45) is 5.73 Å². The molecule has 0 aliphatic rings. The van der Waals surface area contributed by atoms with Gasteiger partial charge < -0.3 is 10.5 Å². The molecule has 0 aromatic heterocycles. The molecule has 18 heavy (non-hydrogen) atoms. The van der Waals surface area contributed by atoms with E-state index in [1.165, 1.54) is 0 Å². The van der Waals surface area contributed by atoms with E-state index in [2.05, 4.69) is 0 Å². The minimum absolute atomic E-state index is 0.301. The molecule has 2 aromatic rings. The van der Waals surface area contributed by atoms with Gasteiger partial charge in [-0.15, -0.1) is 0 Å². The van der Waals surface area contributed by atoms with Crippen molar-refractivity contribution < 1.29 is 4.74 Å². The van der Waals surface area contributed by atoms with Gasteiger partial charge in [0.2, 0.25) is 0 Å². The van der Waals surface area contributed by atoms with Crippen molar-refractivity contribution in [3.63, 3.8) is 0 Å². The molecule has 0 fully saturated rings. The van der Waals surface area contributed by atoms with E-state index in [0.29, 0.717) is 32.1 Å². The number of halogens is 2. The molecule has 0 radical (unpaired) electrons. The molecule has 2 rings (SSSR count). The van der Waals surface area contributed by atoms with Crippen molar-refractivity contribution in [2.45, 2.75) is 0 Å². The standard InChI is InChI=1S/C13H9Cl2NOS/c14-9-2-4-10(5-3-9)17-12-6-1-8(13(16)18)7-11(12)15/h1-7H,(H2,16,18). The Labute approximate surface area is 120 Å². The van der Waals surface area contributed by atoms with Crippen LogP contribution in [0.4, 0.5) is 0 Å². The van der Waals surface area contributed by atoms with E-state index in [-0.39, 0.29) is 0 Å². The summed E-state index contributed by atoms with van der Waals surface area (Å²) in [7, 11) is 0. The summed E-state index contributed by atoms with van der Waals surface area (Å²) in [6.45, 7) is 0. The predicted molar refractivity (Wildman–Crippen MR) is 78.9 cm³/mol. The van der Waals surface area contributed by atoms with Crippen LogP contribution in [0.25, 0.3) is 0 Å². The lowest BCUT2D eigenvalue weighted by atomic mass is 10.2. The van der Waals surface area contributed by atoms with Crippen molar-refractivity contribution in [2.75, 3.05) is 0 Å². The van der Waals surface area contributed by atoms with Gasteiger partial charge >= 0.3 is 0 Å². The van der Waals surface area contributed by atoms with Crippen LogP contribution < -0.4 is 10.5 Å². The molecule has 0 saturated carbocycles. The molecular weight excluding hydrogens is 289 g/mol. The summed E-state index contributed by atoms with van der Waals surface area (Å²) >= 11 is 16.8. The second kappa shape index (κ2) is 5.57. The summed E-state index contributed by atoms with van der Waals surface area (Å²) in [5, 5.41) is 1.10. The molecule has 92 valence electrons. The van der Waals surface area contributed by atoms with E-state index in [4.69, 9.17) is 45.9 Å². The predicted octanol–water partition coefficient (Wildman–Crippen LogP) is 4.42. The Kier molecular flexibility index (Phi) is 4.07. The summed E-state index contributed by atoms with van der Waals surface area (Å²) in [6.07, 6.45) is 0. The van der Waals surface area contributed by atoms with Gasteiger partial charge in [0.25, 0.3) is 0 Å². The van der Waals surface area contributed by atoms with Crippen LogP contribution in [-0.2, 0) is 0 Å². The van der Waals surface area contributed by atoms with Gasteiger partial charge in [-0.25, -0.2) is 0 Å². The molecular formula is C13H9Cl2NOS. The Balaban J connectivity index is 2.24. The second-order valence-electron chi connectivity index (χ2n) is 3.57. The number of hydrogen-bond acceptors (Lipinski definition) is 2. The number of hydrogen-bond donors (Lipinski definition) is 1. The molecule has 0 aliphatic carbocycles. The molecule has 2 N–H and O–H groups in total. The van der Waals surface area contributed by atoms with Crippen molar-refractivity contribution >= 4 is 40.4 Å². The molecule has 5 heteroatoms. The fraction of sp³-hybridized carbons (Fsp3) is 0. The Hall–Kier alpha value is -1.29. The maximum atomic E-state index is 6.09. The number of rotatable bonds is 3. The third-order valence-corrected chi connectivity index (χ3v) is 3.04. The average Bonchev–Trinajstić information content (AvgIpc) is 2.34. The average molecular weight is 298 g/mol. The zero-order valence-electron chi connectivity index (χ0n) is 9.19. The third kappa shape index (κ3) is 3.13. The van der Waals surface area contributed by atoms with Crippen molar-refractivity contribution in [3.05, 3.63) is 58.1 Å². The van der Waals surface area contributed by atoms with Gasteiger partial charge in [-0.3, -0.25) is 0 Å². The first kappa shape index (κ1) is 13.1. The molecule has 0 atom stereocenters. The Bertz CT molecular complexity index is 584. The van der Waals surface area contributed by atoms with Gasteiger partial charge in [-0.05, 0) is 42.5 Å². The SMILES string of the molecule is NC(=S)c1ccc(Oc2ccc(Cl)cc2)c(Cl)c1. The van der Waals surface area contributed by atoms with Gasteiger partial charge in [0.05, 0.1) is 5.02 Å². The smallest absolute Gasteiger partial charge is 0.146 e. The van der Waals surface area contributed by atoms with E-state index in [0.717, 1.165) is 0 Å². The summed E-state index contributed by atoms with van der Waals surface area (Å²) in [5.41, 5.74) is 6.23. The topological polar surface area (TPSA) is 35.2 Å². The molecule has 0 saturated heterocycles. The van der Waals surface area contributed by atoms with Gasteiger partial charge in [0.1, 0.15) is 16.5 Å². The van der Waals surface area contributed by atoms with Gasteiger partial charge in [0, 0.05) is 10.6 Å². The number of ether oxygens (including phenoxy) is 1. The number of benzene rings is 2. The third-order valence-electron chi connectivity index (χ3n) is 2.26. The minimum Gasteiger partial charge on any atom is -0.456 e.